The summed E-state index contributed by atoms with van der Waals surface area (Å²) in [6.45, 7) is 7.63. The Kier molecular flexibility index (Phi) is 6.66. The van der Waals surface area contributed by atoms with Crippen LogP contribution in [0.1, 0.15) is 62.1 Å². The predicted molar refractivity (Wildman–Crippen MR) is 147 cm³/mol. The second-order valence-corrected chi connectivity index (χ2v) is 9.02. The molecule has 3 aromatic carbocycles. The van der Waals surface area contributed by atoms with Crippen molar-refractivity contribution in [1.82, 2.24) is 10.6 Å². The first kappa shape index (κ1) is 26.0. The monoisotopic (exact) mass is 534 g/mol. The zero-order chi connectivity index (χ0) is 28.6. The normalized spacial score (nSPS) is 13.2. The molecule has 0 saturated carbocycles. The summed E-state index contributed by atoms with van der Waals surface area (Å²) in [4.78, 5) is 78.1. The number of nitrogens with zero attached hydrogens (tertiary/aromatic N) is 2. The Bertz CT molecular complexity index is 1560. The predicted octanol–water partition coefficient (Wildman–Crippen LogP) is 3.12. The van der Waals surface area contributed by atoms with Crippen LogP contribution in [0.5, 0.6) is 0 Å². The summed E-state index contributed by atoms with van der Waals surface area (Å²) in [5, 5.41) is 4.45. The van der Waals surface area contributed by atoms with E-state index < -0.39 is 35.4 Å². The number of rotatable bonds is 8. The smallest absolute Gasteiger partial charge is 0.259 e. The van der Waals surface area contributed by atoms with Crippen LogP contribution in [0.25, 0.3) is 0 Å². The number of fused-ring (bicyclic) bond motifs is 2. The zero-order valence-electron chi connectivity index (χ0n) is 21.1. The van der Waals surface area contributed by atoms with Gasteiger partial charge in [0.25, 0.3) is 35.4 Å². The quantitative estimate of drug-likeness (QED) is 0.337. The molecule has 0 bridgehead atoms. The molecule has 0 aromatic heterocycles. The van der Waals surface area contributed by atoms with E-state index in [1.807, 2.05) is 0 Å². The number of hydrogen-bond acceptors (Lipinski definition) is 6. The molecule has 2 heterocycles. The molecule has 2 aliphatic rings. The Morgan fingerprint density at radius 1 is 0.600 bits per heavy atom. The van der Waals surface area contributed by atoms with Gasteiger partial charge in [0.15, 0.2) is 0 Å². The molecule has 0 atom stereocenters. The topological polar surface area (TPSA) is 133 Å². The van der Waals surface area contributed by atoms with Gasteiger partial charge in [0.1, 0.15) is 0 Å². The lowest BCUT2D eigenvalue weighted by Crippen LogP contribution is -2.33. The van der Waals surface area contributed by atoms with E-state index in [0.717, 1.165) is 0 Å². The summed E-state index contributed by atoms with van der Waals surface area (Å²) < 4.78 is 0. The number of anilines is 2. The van der Waals surface area contributed by atoms with Gasteiger partial charge in [-0.15, -0.1) is 13.2 Å². The van der Waals surface area contributed by atoms with Crippen molar-refractivity contribution in [3.63, 3.8) is 0 Å². The van der Waals surface area contributed by atoms with Crippen LogP contribution in [-0.2, 0) is 0 Å². The number of hydrogen-bond donors (Lipinski definition) is 2. The summed E-state index contributed by atoms with van der Waals surface area (Å²) in [5.41, 5.74) is 1.94. The number of imide groups is 2. The molecular weight excluding hydrogens is 512 g/mol. The number of nitrogens with one attached hydrogen (secondary N) is 2. The van der Waals surface area contributed by atoms with Crippen molar-refractivity contribution in [2.45, 2.75) is 0 Å². The average Bonchev–Trinajstić information content (AvgIpc) is 3.41. The Morgan fingerprint density at radius 2 is 1.00 bits per heavy atom. The highest BCUT2D eigenvalue weighted by atomic mass is 16.2. The minimum absolute atomic E-state index is 0.101. The van der Waals surface area contributed by atoms with Crippen LogP contribution < -0.4 is 20.4 Å². The molecule has 2 aliphatic heterocycles. The minimum Gasteiger partial charge on any atom is -0.305 e. The van der Waals surface area contributed by atoms with Crippen LogP contribution in [0.4, 0.5) is 11.4 Å². The first-order valence-electron chi connectivity index (χ1n) is 12.2. The average molecular weight is 535 g/mol. The largest absolute Gasteiger partial charge is 0.305 e. The first-order valence-corrected chi connectivity index (χ1v) is 12.2. The summed E-state index contributed by atoms with van der Waals surface area (Å²) in [6.07, 6.45) is 3.04. The summed E-state index contributed by atoms with van der Waals surface area (Å²) in [7, 11) is 0. The molecule has 3 aromatic rings. The van der Waals surface area contributed by atoms with E-state index in [2.05, 4.69) is 23.8 Å². The SMILES string of the molecule is C=CCN(C(=O)c1cccc(C(=O)N(CC=C)c2ccc3c(c2)C(=O)NC3=O)c1)c1ccc2c(c1)C(=O)NC2=O. The molecule has 0 radical (unpaired) electrons. The molecular formula is C30H22N4O6. The van der Waals surface area contributed by atoms with Crippen LogP contribution in [0, 0.1) is 0 Å². The molecule has 6 amide bonds. The molecule has 5 rings (SSSR count). The van der Waals surface area contributed by atoms with Gasteiger partial charge in [0.2, 0.25) is 0 Å². The van der Waals surface area contributed by atoms with Crippen LogP contribution >= 0.6 is 0 Å². The van der Waals surface area contributed by atoms with E-state index in [1.165, 1.54) is 52.3 Å². The summed E-state index contributed by atoms with van der Waals surface area (Å²) in [5.74, 6) is -3.00. The van der Waals surface area contributed by atoms with Crippen molar-refractivity contribution >= 4 is 46.8 Å². The maximum Gasteiger partial charge on any atom is 0.259 e. The van der Waals surface area contributed by atoms with E-state index in [1.54, 1.807) is 30.3 Å². The zero-order valence-corrected chi connectivity index (χ0v) is 21.1. The summed E-state index contributed by atoms with van der Waals surface area (Å²) >= 11 is 0. The van der Waals surface area contributed by atoms with Gasteiger partial charge in [-0.05, 0) is 54.6 Å². The second-order valence-electron chi connectivity index (χ2n) is 9.02. The lowest BCUT2D eigenvalue weighted by atomic mass is 10.0. The van der Waals surface area contributed by atoms with Gasteiger partial charge < -0.3 is 9.80 Å². The Hall–Kier alpha value is -5.64. The molecule has 2 N–H and O–H groups in total. The van der Waals surface area contributed by atoms with Crippen LogP contribution in [-0.4, -0.2) is 48.5 Å². The van der Waals surface area contributed by atoms with Gasteiger partial charge in [-0.3, -0.25) is 39.4 Å². The van der Waals surface area contributed by atoms with Gasteiger partial charge in [-0.25, -0.2) is 0 Å². The number of carbonyl (C=O) groups excluding carboxylic acids is 6. The van der Waals surface area contributed by atoms with E-state index in [9.17, 15) is 28.8 Å². The fourth-order valence-corrected chi connectivity index (χ4v) is 4.61. The van der Waals surface area contributed by atoms with E-state index in [-0.39, 0.29) is 46.5 Å². The third kappa shape index (κ3) is 4.47. The van der Waals surface area contributed by atoms with E-state index in [0.29, 0.717) is 11.4 Å². The van der Waals surface area contributed by atoms with Gasteiger partial charge >= 0.3 is 0 Å². The summed E-state index contributed by atoms with van der Waals surface area (Å²) in [6, 6.07) is 15.1. The Labute approximate surface area is 228 Å². The molecule has 198 valence electrons. The molecule has 10 heteroatoms. The lowest BCUT2D eigenvalue weighted by molar-refractivity contribution is 0.0863. The van der Waals surface area contributed by atoms with Crippen molar-refractivity contribution in [2.24, 2.45) is 0 Å². The third-order valence-electron chi connectivity index (χ3n) is 6.53. The van der Waals surface area contributed by atoms with Crippen molar-refractivity contribution in [3.8, 4) is 0 Å². The molecule has 0 unspecified atom stereocenters. The number of amides is 6. The van der Waals surface area contributed by atoms with Crippen LogP contribution in [0.15, 0.2) is 86.0 Å². The van der Waals surface area contributed by atoms with Gasteiger partial charge in [0, 0.05) is 35.6 Å². The van der Waals surface area contributed by atoms with Gasteiger partial charge in [-0.2, -0.15) is 0 Å². The Balaban J connectivity index is 1.46. The van der Waals surface area contributed by atoms with E-state index >= 15 is 0 Å². The fraction of sp³-hybridized carbons (Fsp3) is 0.0667. The highest BCUT2D eigenvalue weighted by molar-refractivity contribution is 6.23. The molecule has 0 aliphatic carbocycles. The van der Waals surface area contributed by atoms with Crippen molar-refractivity contribution in [1.29, 1.82) is 0 Å². The van der Waals surface area contributed by atoms with Crippen molar-refractivity contribution in [3.05, 3.63) is 119 Å². The van der Waals surface area contributed by atoms with E-state index in [4.69, 9.17) is 0 Å². The third-order valence-corrected chi connectivity index (χ3v) is 6.53. The molecule has 0 spiro atoms. The first-order chi connectivity index (χ1) is 19.2. The standard InChI is InChI=1S/C30H22N4O6/c1-3-12-33(19-8-10-21-23(15-19)27(37)31-25(21)35)29(39)17-6-5-7-18(14-17)30(40)34(13-4-2)20-9-11-22-24(16-20)28(38)32-26(22)36/h3-11,14-16H,1-2,12-13H2,(H,31,35,37)(H,32,36,38). The maximum absolute atomic E-state index is 13.6. The molecule has 0 saturated heterocycles. The fourth-order valence-electron chi connectivity index (χ4n) is 4.61. The molecule has 40 heavy (non-hydrogen) atoms. The van der Waals surface area contributed by atoms with Crippen molar-refractivity contribution in [2.75, 3.05) is 22.9 Å². The minimum atomic E-state index is -0.545. The Morgan fingerprint density at radius 3 is 1.40 bits per heavy atom. The lowest BCUT2D eigenvalue weighted by Gasteiger charge is -2.24. The molecule has 10 nitrogen and oxygen atoms in total. The van der Waals surface area contributed by atoms with Crippen LogP contribution in [0.2, 0.25) is 0 Å². The molecule has 0 fully saturated rings. The number of benzene rings is 3. The number of carbonyl (C=O) groups is 6. The maximum atomic E-state index is 13.6. The van der Waals surface area contributed by atoms with Gasteiger partial charge in [-0.1, -0.05) is 18.2 Å². The highest BCUT2D eigenvalue weighted by Crippen LogP contribution is 2.27. The van der Waals surface area contributed by atoms with Crippen LogP contribution in [0.3, 0.4) is 0 Å². The highest BCUT2D eigenvalue weighted by Gasteiger charge is 2.30. The van der Waals surface area contributed by atoms with Crippen molar-refractivity contribution < 1.29 is 28.8 Å². The van der Waals surface area contributed by atoms with Gasteiger partial charge in [0.05, 0.1) is 22.3 Å². The second kappa shape index (κ2) is 10.3.